The number of hydrogen-bond acceptors (Lipinski definition) is 4. The largest absolute Gasteiger partial charge is 0.496 e. The molecule has 1 atom stereocenters. The maximum Gasteiger partial charge on any atom is 0.132 e. The molecule has 0 spiro atoms. The van der Waals surface area contributed by atoms with E-state index in [1.165, 1.54) is 23.3 Å². The number of nitrogens with zero attached hydrogens (tertiary/aromatic N) is 1. The van der Waals surface area contributed by atoms with E-state index in [-0.39, 0.29) is 6.61 Å². The van der Waals surface area contributed by atoms with Crippen molar-refractivity contribution in [3.63, 3.8) is 0 Å². The Morgan fingerprint density at radius 3 is 2.95 bits per heavy atom. The average Bonchev–Trinajstić information content (AvgIpc) is 2.47. The van der Waals surface area contributed by atoms with E-state index in [0.717, 1.165) is 25.3 Å². The van der Waals surface area contributed by atoms with Crippen LogP contribution in [0.25, 0.3) is 0 Å². The lowest BCUT2D eigenvalue weighted by Crippen LogP contribution is -2.41. The normalized spacial score (nSPS) is 20.5. The number of methoxy groups -OCH3 is 1. The number of piperidine rings is 1. The van der Waals surface area contributed by atoms with Gasteiger partial charge in [0.05, 0.1) is 13.7 Å². The first kappa shape index (κ1) is 14.7. The van der Waals surface area contributed by atoms with Crippen LogP contribution >= 0.6 is 11.8 Å². The van der Waals surface area contributed by atoms with E-state index in [2.05, 4.69) is 29.4 Å². The quantitative estimate of drug-likeness (QED) is 0.841. The van der Waals surface area contributed by atoms with Gasteiger partial charge in [-0.1, -0.05) is 12.5 Å². The van der Waals surface area contributed by atoms with Gasteiger partial charge in [-0.05, 0) is 43.3 Å². The predicted molar refractivity (Wildman–Crippen MR) is 79.9 cm³/mol. The summed E-state index contributed by atoms with van der Waals surface area (Å²) in [4.78, 5) is 3.56. The molecule has 0 aromatic heterocycles. The molecule has 0 bridgehead atoms. The minimum Gasteiger partial charge on any atom is -0.496 e. The predicted octanol–water partition coefficient (Wildman–Crippen LogP) is 2.76. The number of hydrogen-bond donors (Lipinski definition) is 1. The molecule has 19 heavy (non-hydrogen) atoms. The van der Waals surface area contributed by atoms with Crippen molar-refractivity contribution in [2.45, 2.75) is 36.7 Å². The summed E-state index contributed by atoms with van der Waals surface area (Å²) < 4.78 is 5.43. The number of benzene rings is 1. The third kappa shape index (κ3) is 3.65. The molecule has 3 nitrogen and oxygen atoms in total. The highest BCUT2D eigenvalue weighted by molar-refractivity contribution is 7.98. The minimum absolute atomic E-state index is 0.264. The number of ether oxygens (including phenoxy) is 1. The Morgan fingerprint density at radius 2 is 2.26 bits per heavy atom. The van der Waals surface area contributed by atoms with Gasteiger partial charge in [0.25, 0.3) is 0 Å². The first-order valence-electron chi connectivity index (χ1n) is 6.84. The molecule has 1 fully saturated rings. The van der Waals surface area contributed by atoms with Gasteiger partial charge in [0.1, 0.15) is 5.75 Å². The van der Waals surface area contributed by atoms with Gasteiger partial charge in [-0.25, -0.2) is 0 Å². The second-order valence-corrected chi connectivity index (χ2v) is 5.84. The van der Waals surface area contributed by atoms with E-state index in [4.69, 9.17) is 4.74 Å². The molecular formula is C15H23NO2S. The molecule has 0 aliphatic carbocycles. The number of aliphatic hydroxyl groups is 1. The van der Waals surface area contributed by atoms with Gasteiger partial charge in [0, 0.05) is 17.5 Å². The van der Waals surface area contributed by atoms with Crippen molar-refractivity contribution in [3.05, 3.63) is 23.8 Å². The van der Waals surface area contributed by atoms with Crippen molar-refractivity contribution in [2.75, 3.05) is 26.5 Å². The maximum atomic E-state index is 9.45. The summed E-state index contributed by atoms with van der Waals surface area (Å²) in [6.07, 6.45) is 5.63. The van der Waals surface area contributed by atoms with Gasteiger partial charge in [0.15, 0.2) is 0 Å². The van der Waals surface area contributed by atoms with Crippen LogP contribution in [-0.4, -0.2) is 42.6 Å². The second-order valence-electron chi connectivity index (χ2n) is 4.99. The Labute approximate surface area is 120 Å². The highest BCUT2D eigenvalue weighted by atomic mass is 32.2. The lowest BCUT2D eigenvalue weighted by Gasteiger charge is -2.34. The van der Waals surface area contributed by atoms with Crippen molar-refractivity contribution in [3.8, 4) is 5.75 Å². The molecule has 1 aliphatic heterocycles. The summed E-state index contributed by atoms with van der Waals surface area (Å²) in [7, 11) is 1.72. The Balaban J connectivity index is 2.09. The van der Waals surface area contributed by atoms with Gasteiger partial charge >= 0.3 is 0 Å². The van der Waals surface area contributed by atoms with Gasteiger partial charge in [-0.15, -0.1) is 11.8 Å². The summed E-state index contributed by atoms with van der Waals surface area (Å²) in [5.41, 5.74) is 1.26. The molecule has 0 amide bonds. The van der Waals surface area contributed by atoms with Crippen LogP contribution in [0.4, 0.5) is 0 Å². The fourth-order valence-electron chi connectivity index (χ4n) is 2.69. The maximum absolute atomic E-state index is 9.45. The van der Waals surface area contributed by atoms with Crippen LogP contribution in [0.1, 0.15) is 24.8 Å². The molecule has 0 unspecified atom stereocenters. The molecule has 1 aromatic rings. The van der Waals surface area contributed by atoms with Crippen molar-refractivity contribution in [2.24, 2.45) is 0 Å². The van der Waals surface area contributed by atoms with Gasteiger partial charge < -0.3 is 9.84 Å². The van der Waals surface area contributed by atoms with Crippen molar-refractivity contribution in [1.29, 1.82) is 0 Å². The van der Waals surface area contributed by atoms with E-state index in [0.29, 0.717) is 6.04 Å². The summed E-state index contributed by atoms with van der Waals surface area (Å²) in [6.45, 7) is 2.24. The average molecular weight is 281 g/mol. The molecular weight excluding hydrogens is 258 g/mol. The molecule has 1 aromatic carbocycles. The number of rotatable bonds is 5. The summed E-state index contributed by atoms with van der Waals surface area (Å²) in [6, 6.07) is 6.73. The third-order valence-corrected chi connectivity index (χ3v) is 4.57. The number of likely N-dealkylation sites (tertiary alicyclic amines) is 1. The van der Waals surface area contributed by atoms with Crippen LogP contribution in [0.5, 0.6) is 5.75 Å². The monoisotopic (exact) mass is 281 g/mol. The Hall–Kier alpha value is -0.710. The molecule has 1 N–H and O–H groups in total. The lowest BCUT2D eigenvalue weighted by atomic mass is 10.0. The third-order valence-electron chi connectivity index (χ3n) is 3.79. The Kier molecular flexibility index (Phi) is 5.55. The molecule has 106 valence electrons. The van der Waals surface area contributed by atoms with Crippen LogP contribution in [0.15, 0.2) is 23.1 Å². The van der Waals surface area contributed by atoms with E-state index in [1.54, 1.807) is 18.9 Å². The zero-order valence-electron chi connectivity index (χ0n) is 11.8. The molecule has 0 saturated carbocycles. The molecule has 4 heteroatoms. The van der Waals surface area contributed by atoms with Crippen molar-refractivity contribution in [1.82, 2.24) is 4.90 Å². The van der Waals surface area contributed by atoms with Crippen LogP contribution < -0.4 is 4.74 Å². The lowest BCUT2D eigenvalue weighted by molar-refractivity contribution is 0.0840. The zero-order valence-corrected chi connectivity index (χ0v) is 12.6. The summed E-state index contributed by atoms with van der Waals surface area (Å²) in [5.74, 6) is 0.947. The number of thioether (sulfide) groups is 1. The topological polar surface area (TPSA) is 32.7 Å². The highest BCUT2D eigenvalue weighted by Crippen LogP contribution is 2.29. The van der Waals surface area contributed by atoms with Crippen LogP contribution in [0.2, 0.25) is 0 Å². The van der Waals surface area contributed by atoms with Gasteiger partial charge in [0.2, 0.25) is 0 Å². The SMILES string of the molecule is COc1cc(CN2CCCC[C@H]2CO)ccc1SC. The fourth-order valence-corrected chi connectivity index (χ4v) is 3.24. The molecule has 1 aliphatic rings. The Morgan fingerprint density at radius 1 is 1.42 bits per heavy atom. The van der Waals surface area contributed by atoms with E-state index < -0.39 is 0 Å². The second kappa shape index (κ2) is 7.17. The minimum atomic E-state index is 0.264. The van der Waals surface area contributed by atoms with Crippen LogP contribution in [-0.2, 0) is 6.54 Å². The first-order valence-corrected chi connectivity index (χ1v) is 8.06. The van der Waals surface area contributed by atoms with E-state index in [9.17, 15) is 5.11 Å². The number of aliphatic hydroxyl groups excluding tert-OH is 1. The van der Waals surface area contributed by atoms with Crippen LogP contribution in [0, 0.1) is 0 Å². The van der Waals surface area contributed by atoms with E-state index >= 15 is 0 Å². The van der Waals surface area contributed by atoms with Gasteiger partial charge in [-0.3, -0.25) is 4.90 Å². The Bertz CT molecular complexity index is 411. The standard InChI is InChI=1S/C15H23NO2S/c1-18-14-9-12(6-7-15(14)19-2)10-16-8-4-3-5-13(16)11-17/h6-7,9,13,17H,3-5,8,10-11H2,1-2H3/t13-/m0/s1. The van der Waals surface area contributed by atoms with Crippen molar-refractivity contribution >= 4 is 11.8 Å². The summed E-state index contributed by atoms with van der Waals surface area (Å²) >= 11 is 1.70. The molecule has 2 rings (SSSR count). The first-order chi connectivity index (χ1) is 9.28. The van der Waals surface area contributed by atoms with Crippen molar-refractivity contribution < 1.29 is 9.84 Å². The van der Waals surface area contributed by atoms with E-state index in [1.807, 2.05) is 0 Å². The summed E-state index contributed by atoms with van der Waals surface area (Å²) in [5, 5.41) is 9.45. The fraction of sp³-hybridized carbons (Fsp3) is 0.600. The smallest absolute Gasteiger partial charge is 0.132 e. The van der Waals surface area contributed by atoms with Gasteiger partial charge in [-0.2, -0.15) is 0 Å². The molecule has 1 saturated heterocycles. The zero-order chi connectivity index (χ0) is 13.7. The molecule has 1 heterocycles. The van der Waals surface area contributed by atoms with Crippen LogP contribution in [0.3, 0.4) is 0 Å². The highest BCUT2D eigenvalue weighted by Gasteiger charge is 2.21. The molecule has 0 radical (unpaired) electrons.